The van der Waals surface area contributed by atoms with E-state index < -0.39 is 0 Å². The van der Waals surface area contributed by atoms with Gasteiger partial charge in [0.05, 0.1) is 12.9 Å². The first-order chi connectivity index (χ1) is 9.76. The average molecular weight is 287 g/mol. The molecule has 0 saturated carbocycles. The van der Waals surface area contributed by atoms with E-state index in [9.17, 15) is 0 Å². The Morgan fingerprint density at radius 3 is 3.00 bits per heavy atom. The summed E-state index contributed by atoms with van der Waals surface area (Å²) < 4.78 is 5.49. The number of rotatable bonds is 4. The second kappa shape index (κ2) is 5.38. The molecule has 2 aromatic heterocycles. The molecule has 3 rings (SSSR count). The van der Waals surface area contributed by atoms with Crippen LogP contribution in [0.15, 0.2) is 40.8 Å². The van der Waals surface area contributed by atoms with Gasteiger partial charge in [-0.1, -0.05) is 11.8 Å². The quantitative estimate of drug-likeness (QED) is 0.566. The molecule has 0 bridgehead atoms. The number of nitrogen functional groups attached to an aromatic ring is 1. The number of nitrogens with one attached hydrogen (secondary N) is 1. The van der Waals surface area contributed by atoms with E-state index in [1.807, 2.05) is 19.1 Å². The number of H-pyrrole nitrogens is 1. The minimum absolute atomic E-state index is 0.603. The number of nitrogens with zero attached hydrogens (tertiary/aromatic N) is 3. The lowest BCUT2D eigenvalue weighted by atomic mass is 10.3. The van der Waals surface area contributed by atoms with Gasteiger partial charge in [0.15, 0.2) is 5.65 Å². The summed E-state index contributed by atoms with van der Waals surface area (Å²) >= 11 is 1.49. The molecular formula is C13H13N5OS. The van der Waals surface area contributed by atoms with Crippen LogP contribution in [0.2, 0.25) is 0 Å². The first kappa shape index (κ1) is 12.7. The molecule has 20 heavy (non-hydrogen) atoms. The Labute approximate surface area is 119 Å². The highest BCUT2D eigenvalue weighted by atomic mass is 32.2. The molecule has 0 aliphatic heterocycles. The van der Waals surface area contributed by atoms with Gasteiger partial charge in [0, 0.05) is 16.6 Å². The Morgan fingerprint density at radius 2 is 2.15 bits per heavy atom. The van der Waals surface area contributed by atoms with Crippen molar-refractivity contribution < 1.29 is 4.74 Å². The Kier molecular flexibility index (Phi) is 3.42. The highest BCUT2D eigenvalue weighted by molar-refractivity contribution is 7.99. The van der Waals surface area contributed by atoms with Crippen molar-refractivity contribution in [3.63, 3.8) is 0 Å². The highest BCUT2D eigenvalue weighted by Crippen LogP contribution is 2.33. The maximum Gasteiger partial charge on any atom is 0.181 e. The molecule has 2 heterocycles. The van der Waals surface area contributed by atoms with Gasteiger partial charge in [-0.15, -0.1) is 0 Å². The van der Waals surface area contributed by atoms with Gasteiger partial charge in [0.1, 0.15) is 22.6 Å². The van der Waals surface area contributed by atoms with Crippen molar-refractivity contribution in [2.75, 3.05) is 12.3 Å². The summed E-state index contributed by atoms with van der Waals surface area (Å²) in [5.74, 6) is 0.755. The van der Waals surface area contributed by atoms with E-state index >= 15 is 0 Å². The number of fused-ring (bicyclic) bond motifs is 1. The Morgan fingerprint density at radius 1 is 1.25 bits per heavy atom. The van der Waals surface area contributed by atoms with Gasteiger partial charge in [-0.3, -0.25) is 0 Å². The molecule has 1 aromatic carbocycles. The van der Waals surface area contributed by atoms with Gasteiger partial charge < -0.3 is 15.5 Å². The van der Waals surface area contributed by atoms with Gasteiger partial charge in [0.25, 0.3) is 0 Å². The molecule has 0 aliphatic rings. The molecule has 3 aromatic rings. The zero-order chi connectivity index (χ0) is 13.9. The average Bonchev–Trinajstić information content (AvgIpc) is 2.88. The molecule has 0 amide bonds. The first-order valence-electron chi connectivity index (χ1n) is 6.11. The van der Waals surface area contributed by atoms with Crippen LogP contribution in [0.25, 0.3) is 11.2 Å². The summed E-state index contributed by atoms with van der Waals surface area (Å²) in [5, 5.41) is 0.806. The van der Waals surface area contributed by atoms with Gasteiger partial charge in [-0.2, -0.15) is 0 Å². The van der Waals surface area contributed by atoms with Crippen molar-refractivity contribution in [3.05, 3.63) is 30.9 Å². The maximum atomic E-state index is 5.89. The smallest absolute Gasteiger partial charge is 0.181 e. The Balaban J connectivity index is 1.96. The summed E-state index contributed by atoms with van der Waals surface area (Å²) in [5.41, 5.74) is 8.02. The molecule has 7 heteroatoms. The number of aromatic nitrogens is 4. The van der Waals surface area contributed by atoms with Crippen LogP contribution in [0.3, 0.4) is 0 Å². The highest BCUT2D eigenvalue weighted by Gasteiger charge is 2.09. The van der Waals surface area contributed by atoms with E-state index in [1.165, 1.54) is 18.1 Å². The van der Waals surface area contributed by atoms with Crippen LogP contribution in [0.5, 0.6) is 5.75 Å². The molecule has 0 saturated heterocycles. The second-order valence-corrected chi connectivity index (χ2v) is 5.12. The minimum Gasteiger partial charge on any atom is -0.494 e. The Bertz CT molecular complexity index is 742. The van der Waals surface area contributed by atoms with Crippen molar-refractivity contribution in [2.24, 2.45) is 0 Å². The number of anilines is 1. The van der Waals surface area contributed by atoms with E-state index in [0.717, 1.165) is 21.2 Å². The zero-order valence-electron chi connectivity index (χ0n) is 10.8. The molecule has 0 unspecified atom stereocenters. The molecule has 0 spiro atoms. The van der Waals surface area contributed by atoms with Crippen molar-refractivity contribution in [3.8, 4) is 5.75 Å². The van der Waals surface area contributed by atoms with Crippen LogP contribution in [0.4, 0.5) is 5.69 Å². The van der Waals surface area contributed by atoms with E-state index in [1.54, 1.807) is 12.4 Å². The lowest BCUT2D eigenvalue weighted by Gasteiger charge is -2.07. The second-order valence-electron chi connectivity index (χ2n) is 4.05. The van der Waals surface area contributed by atoms with Gasteiger partial charge in [-0.25, -0.2) is 15.0 Å². The normalized spacial score (nSPS) is 10.8. The predicted octanol–water partition coefficient (Wildman–Crippen LogP) is 2.48. The molecule has 3 N–H and O–H groups in total. The van der Waals surface area contributed by atoms with Crippen molar-refractivity contribution >= 4 is 28.6 Å². The number of hydrogen-bond acceptors (Lipinski definition) is 6. The molecule has 0 atom stereocenters. The number of hydrogen-bond donors (Lipinski definition) is 2. The lowest BCUT2D eigenvalue weighted by molar-refractivity contribution is 0.339. The monoisotopic (exact) mass is 287 g/mol. The van der Waals surface area contributed by atoms with Crippen LogP contribution in [0.1, 0.15) is 6.92 Å². The third-order valence-corrected chi connectivity index (χ3v) is 3.59. The van der Waals surface area contributed by atoms with Crippen molar-refractivity contribution in [1.82, 2.24) is 19.9 Å². The summed E-state index contributed by atoms with van der Waals surface area (Å²) in [4.78, 5) is 16.5. The molecule has 6 nitrogen and oxygen atoms in total. The van der Waals surface area contributed by atoms with Gasteiger partial charge in [0.2, 0.25) is 0 Å². The minimum atomic E-state index is 0.603. The maximum absolute atomic E-state index is 5.89. The largest absolute Gasteiger partial charge is 0.494 e. The molecule has 0 aliphatic carbocycles. The van der Waals surface area contributed by atoms with Crippen LogP contribution < -0.4 is 10.5 Å². The van der Waals surface area contributed by atoms with Crippen LogP contribution >= 0.6 is 11.8 Å². The summed E-state index contributed by atoms with van der Waals surface area (Å²) in [7, 11) is 0. The van der Waals surface area contributed by atoms with Gasteiger partial charge >= 0.3 is 0 Å². The van der Waals surface area contributed by atoms with Crippen molar-refractivity contribution in [2.45, 2.75) is 16.8 Å². The van der Waals surface area contributed by atoms with E-state index in [2.05, 4.69) is 19.9 Å². The van der Waals surface area contributed by atoms with E-state index in [0.29, 0.717) is 17.9 Å². The zero-order valence-corrected chi connectivity index (χ0v) is 11.6. The molecular weight excluding hydrogens is 274 g/mol. The SMILES string of the molecule is CCOc1cc(N)cc(Sc2ncnc3nc[nH]c23)c1. The molecule has 0 radical (unpaired) electrons. The summed E-state index contributed by atoms with van der Waals surface area (Å²) in [6.45, 7) is 2.54. The fourth-order valence-corrected chi connectivity index (χ4v) is 2.78. The number of aromatic amines is 1. The first-order valence-corrected chi connectivity index (χ1v) is 6.93. The fourth-order valence-electron chi connectivity index (χ4n) is 1.83. The molecule has 102 valence electrons. The van der Waals surface area contributed by atoms with Crippen molar-refractivity contribution in [1.29, 1.82) is 0 Å². The number of nitrogens with two attached hydrogens (primary N) is 1. The number of benzene rings is 1. The summed E-state index contributed by atoms with van der Waals surface area (Å²) in [6, 6.07) is 5.63. The van der Waals surface area contributed by atoms with Crippen LogP contribution in [-0.2, 0) is 0 Å². The Hall–Kier alpha value is -2.28. The van der Waals surface area contributed by atoms with Crippen LogP contribution in [0, 0.1) is 0 Å². The number of imidazole rings is 1. The fraction of sp³-hybridized carbons (Fsp3) is 0.154. The third-order valence-electron chi connectivity index (χ3n) is 2.62. The standard InChI is InChI=1S/C13H13N5OS/c1-2-19-9-3-8(14)4-10(5-9)20-13-11-12(16-6-15-11)17-7-18-13/h3-7H,2,14H2,1H3,(H,15,16,17,18). The van der Waals surface area contributed by atoms with E-state index in [4.69, 9.17) is 10.5 Å². The predicted molar refractivity (Wildman–Crippen MR) is 77.8 cm³/mol. The summed E-state index contributed by atoms with van der Waals surface area (Å²) in [6.07, 6.45) is 3.11. The number of ether oxygens (including phenoxy) is 1. The topological polar surface area (TPSA) is 89.7 Å². The molecule has 0 fully saturated rings. The van der Waals surface area contributed by atoms with E-state index in [-0.39, 0.29) is 0 Å². The van der Waals surface area contributed by atoms with Gasteiger partial charge in [-0.05, 0) is 19.1 Å². The van der Waals surface area contributed by atoms with Crippen LogP contribution in [-0.4, -0.2) is 26.5 Å². The third kappa shape index (κ3) is 2.53. The lowest BCUT2D eigenvalue weighted by Crippen LogP contribution is -1.94.